The van der Waals surface area contributed by atoms with E-state index >= 15 is 0 Å². The molecule has 0 aliphatic carbocycles. The summed E-state index contributed by atoms with van der Waals surface area (Å²) in [4.78, 5) is 41.0. The first-order valence-electron chi connectivity index (χ1n) is 8.06. The molecule has 0 fully saturated rings. The van der Waals surface area contributed by atoms with Crippen molar-refractivity contribution in [3.05, 3.63) is 13.8 Å². The molecule has 0 aromatic heterocycles. The van der Waals surface area contributed by atoms with Crippen LogP contribution in [0.4, 0.5) is 0 Å². The maximum atomic E-state index is 10.4. The number of aliphatic carboxylic acids is 2. The van der Waals surface area contributed by atoms with Crippen LogP contribution in [0.3, 0.4) is 0 Å². The molecule has 0 heterocycles. The molecule has 0 aliphatic heterocycles. The Labute approximate surface area is 177 Å². The van der Waals surface area contributed by atoms with Gasteiger partial charge in [0, 0.05) is 12.2 Å². The Morgan fingerprint density at radius 3 is 0.852 bits per heavy atom. The third kappa shape index (κ3) is 36.6. The smallest absolute Gasteiger partial charge is 0.481 e. The van der Waals surface area contributed by atoms with Crippen LogP contribution < -0.4 is 0 Å². The molecule has 0 aromatic rings. The van der Waals surface area contributed by atoms with Gasteiger partial charge in [-0.3, -0.25) is 19.2 Å². The Kier molecular flexibility index (Phi) is 31.3. The van der Waals surface area contributed by atoms with Crippen LogP contribution in [-0.2, 0) is 40.9 Å². The molecule has 4 N–H and O–H groups in total. The van der Waals surface area contributed by atoms with Crippen LogP contribution in [0.15, 0.2) is 0 Å². The maximum absolute atomic E-state index is 10.4. The SMILES string of the molecule is CC(C)O.CC(C)O.[CH2-]CC(C(C)=O)C(=O)O.[CH2-]CC(C(C)=O)C(=O)O.[Ti+2]. The van der Waals surface area contributed by atoms with Crippen LogP contribution >= 0.6 is 0 Å². The van der Waals surface area contributed by atoms with E-state index in [9.17, 15) is 19.2 Å². The number of aliphatic hydroxyl groups excluding tert-OH is 2. The Morgan fingerprint density at radius 1 is 0.704 bits per heavy atom. The average Bonchev–Trinajstić information content (AvgIpc) is 2.37. The van der Waals surface area contributed by atoms with E-state index in [4.69, 9.17) is 20.4 Å². The van der Waals surface area contributed by atoms with Gasteiger partial charge < -0.3 is 34.3 Å². The summed E-state index contributed by atoms with van der Waals surface area (Å²) in [5.74, 6) is -4.67. The van der Waals surface area contributed by atoms with Crippen LogP contribution in [0.2, 0.25) is 0 Å². The molecule has 2 unspecified atom stereocenters. The predicted octanol–water partition coefficient (Wildman–Crippen LogP) is 1.77. The normalized spacial score (nSPS) is 11.1. The van der Waals surface area contributed by atoms with Crippen molar-refractivity contribution in [1.29, 1.82) is 0 Å². The fraction of sp³-hybridized carbons (Fsp3) is 0.667. The van der Waals surface area contributed by atoms with Crippen molar-refractivity contribution in [3.63, 3.8) is 0 Å². The number of carboxylic acids is 2. The van der Waals surface area contributed by atoms with E-state index in [0.717, 1.165) is 0 Å². The Morgan fingerprint density at radius 2 is 0.852 bits per heavy atom. The number of carbonyl (C=O) groups is 4. The van der Waals surface area contributed by atoms with E-state index in [1.165, 1.54) is 13.8 Å². The molecule has 0 aromatic carbocycles. The van der Waals surface area contributed by atoms with Gasteiger partial charge in [-0.25, -0.2) is 0 Å². The summed E-state index contributed by atoms with van der Waals surface area (Å²) >= 11 is 0. The van der Waals surface area contributed by atoms with Gasteiger partial charge in [0.25, 0.3) is 0 Å². The summed E-state index contributed by atoms with van der Waals surface area (Å²) in [6.45, 7) is 16.1. The van der Waals surface area contributed by atoms with Gasteiger partial charge in [0.1, 0.15) is 11.6 Å². The zero-order valence-electron chi connectivity index (χ0n) is 17.1. The quantitative estimate of drug-likeness (QED) is 0.285. The monoisotopic (exact) mass is 426 g/mol. The second-order valence-electron chi connectivity index (χ2n) is 5.77. The minimum atomic E-state index is -1.09. The van der Waals surface area contributed by atoms with Crippen molar-refractivity contribution in [2.45, 2.75) is 66.6 Å². The van der Waals surface area contributed by atoms with Gasteiger partial charge in [-0.2, -0.15) is 12.8 Å². The molecular formula is C18H34O8Ti. The minimum absolute atomic E-state index is 0. The molecule has 0 bridgehead atoms. The number of rotatable bonds is 6. The van der Waals surface area contributed by atoms with Crippen molar-refractivity contribution >= 4 is 23.5 Å². The second-order valence-corrected chi connectivity index (χ2v) is 5.77. The number of hydrogen-bond donors (Lipinski definition) is 4. The van der Waals surface area contributed by atoms with Crippen molar-refractivity contribution in [3.8, 4) is 0 Å². The van der Waals surface area contributed by atoms with Crippen molar-refractivity contribution in [2.24, 2.45) is 11.8 Å². The van der Waals surface area contributed by atoms with Gasteiger partial charge in [0.2, 0.25) is 0 Å². The van der Waals surface area contributed by atoms with Crippen LogP contribution in [0, 0.1) is 25.7 Å². The maximum Gasteiger partial charge on any atom is 2.00 e. The summed E-state index contributed by atoms with van der Waals surface area (Å²) in [6, 6.07) is 0. The zero-order chi connectivity index (χ0) is 22.0. The molecule has 0 aliphatic rings. The number of Topliss-reactive ketones (excluding diaryl/α,β-unsaturated/α-hetero) is 2. The number of hydrogen-bond acceptors (Lipinski definition) is 6. The van der Waals surface area contributed by atoms with E-state index in [1.807, 2.05) is 0 Å². The summed E-state index contributed by atoms with van der Waals surface area (Å²) in [6.07, 6.45) is -0.0741. The second kappa shape index (κ2) is 23.0. The number of aliphatic hydroxyl groups is 2. The first kappa shape index (κ1) is 36.8. The molecule has 27 heavy (non-hydrogen) atoms. The predicted molar refractivity (Wildman–Crippen MR) is 98.3 cm³/mol. The molecule has 9 heteroatoms. The molecule has 0 saturated heterocycles. The third-order valence-corrected chi connectivity index (χ3v) is 2.15. The molecule has 158 valence electrons. The van der Waals surface area contributed by atoms with Gasteiger partial charge in [0.05, 0.1) is 11.8 Å². The van der Waals surface area contributed by atoms with E-state index in [2.05, 4.69) is 13.8 Å². The summed E-state index contributed by atoms with van der Waals surface area (Å²) < 4.78 is 0. The topological polar surface area (TPSA) is 149 Å². The Balaban J connectivity index is -0.0000000843. The van der Waals surface area contributed by atoms with E-state index in [1.54, 1.807) is 27.7 Å². The third-order valence-electron chi connectivity index (χ3n) is 2.15. The average molecular weight is 426 g/mol. The van der Waals surface area contributed by atoms with Crippen molar-refractivity contribution < 1.29 is 61.3 Å². The fourth-order valence-corrected chi connectivity index (χ4v) is 1.00. The van der Waals surface area contributed by atoms with Crippen molar-refractivity contribution in [1.82, 2.24) is 0 Å². The Hall–Kier alpha value is -1.09. The van der Waals surface area contributed by atoms with Crippen LogP contribution in [0.1, 0.15) is 54.4 Å². The van der Waals surface area contributed by atoms with Crippen LogP contribution in [-0.4, -0.2) is 56.1 Å². The summed E-state index contributed by atoms with van der Waals surface area (Å²) in [5.41, 5.74) is 0. The van der Waals surface area contributed by atoms with Gasteiger partial charge in [0.15, 0.2) is 0 Å². The van der Waals surface area contributed by atoms with Crippen LogP contribution in [0.25, 0.3) is 0 Å². The first-order valence-corrected chi connectivity index (χ1v) is 8.06. The molecule has 0 radical (unpaired) electrons. The molecule has 0 saturated carbocycles. The number of carbonyl (C=O) groups excluding carboxylic acids is 2. The fourth-order valence-electron chi connectivity index (χ4n) is 1.00. The zero-order valence-corrected chi connectivity index (χ0v) is 18.6. The largest absolute Gasteiger partial charge is 2.00 e. The summed E-state index contributed by atoms with van der Waals surface area (Å²) in [5, 5.41) is 32.7. The van der Waals surface area contributed by atoms with Crippen molar-refractivity contribution in [2.75, 3.05) is 0 Å². The first-order chi connectivity index (χ1) is 11.6. The van der Waals surface area contributed by atoms with E-state index in [-0.39, 0.29) is 58.3 Å². The number of ketones is 2. The molecule has 0 amide bonds. The standard InChI is InChI=1S/2C6H9O3.2C3H8O.Ti/c2*1-3-5(4(2)7)6(8)9;2*1-3(2)4;/h2*5H,1,3H2,2H3,(H,8,9);2*3-4H,1-2H3;/q2*-1;;;+2. The van der Waals surface area contributed by atoms with E-state index in [0.29, 0.717) is 0 Å². The molecule has 2 atom stereocenters. The molecule has 0 spiro atoms. The van der Waals surface area contributed by atoms with Gasteiger partial charge in [-0.15, -0.1) is 0 Å². The van der Waals surface area contributed by atoms with E-state index < -0.39 is 23.8 Å². The molecule has 0 rings (SSSR count). The van der Waals surface area contributed by atoms with Gasteiger partial charge in [-0.05, 0) is 41.5 Å². The summed E-state index contributed by atoms with van der Waals surface area (Å²) in [7, 11) is 0. The molecule has 8 nitrogen and oxygen atoms in total. The van der Waals surface area contributed by atoms with Gasteiger partial charge >= 0.3 is 33.7 Å². The Bertz CT molecular complexity index is 337. The van der Waals surface area contributed by atoms with Crippen LogP contribution in [0.5, 0.6) is 0 Å². The minimum Gasteiger partial charge on any atom is -0.481 e. The van der Waals surface area contributed by atoms with Gasteiger partial charge in [-0.1, -0.05) is 0 Å². The number of carboxylic acid groups (broad SMARTS) is 2. The molecular weight excluding hydrogens is 392 g/mol.